The summed E-state index contributed by atoms with van der Waals surface area (Å²) in [4.78, 5) is 15.8. The van der Waals surface area contributed by atoms with Crippen LogP contribution in [0.4, 0.5) is 5.82 Å². The van der Waals surface area contributed by atoms with Gasteiger partial charge in [-0.05, 0) is 32.6 Å². The van der Waals surface area contributed by atoms with Crippen molar-refractivity contribution in [2.45, 2.75) is 12.5 Å². The first-order chi connectivity index (χ1) is 8.61. The highest BCUT2D eigenvalue weighted by molar-refractivity contribution is 5.91. The van der Waals surface area contributed by atoms with Gasteiger partial charge >= 0.3 is 0 Å². The normalized spacial score (nSPS) is 19.3. The number of carbonyl (C=O) groups is 1. The number of nitrogens with zero attached hydrogens (tertiary/aromatic N) is 4. The molecule has 1 fully saturated rings. The minimum atomic E-state index is -0.207. The first kappa shape index (κ1) is 12.8. The third kappa shape index (κ3) is 2.59. The van der Waals surface area contributed by atoms with Crippen molar-refractivity contribution in [3.8, 4) is 0 Å². The van der Waals surface area contributed by atoms with Crippen LogP contribution in [0.2, 0.25) is 0 Å². The summed E-state index contributed by atoms with van der Waals surface area (Å²) < 4.78 is 0. The second-order valence-corrected chi connectivity index (χ2v) is 4.71. The number of carbonyl (C=O) groups excluding carboxylic acids is 1. The Morgan fingerprint density at radius 3 is 2.72 bits per heavy atom. The van der Waals surface area contributed by atoms with E-state index >= 15 is 0 Å². The molecule has 0 spiro atoms. The largest absolute Gasteiger partial charge is 0.354 e. The standard InChI is InChI=1S/C12H19N5O/c1-13-12(18)10-4-5-11(15-14-10)17-7-6-9(8-17)16(2)3/h4-5,9H,6-8H2,1-3H3,(H,13,18). The highest BCUT2D eigenvalue weighted by Gasteiger charge is 2.25. The number of anilines is 1. The second kappa shape index (κ2) is 5.30. The fraction of sp³-hybridized carbons (Fsp3) is 0.583. The summed E-state index contributed by atoms with van der Waals surface area (Å²) >= 11 is 0. The minimum absolute atomic E-state index is 0.207. The maximum Gasteiger partial charge on any atom is 0.271 e. The van der Waals surface area contributed by atoms with Gasteiger partial charge in [0.05, 0.1) is 0 Å². The van der Waals surface area contributed by atoms with Crippen molar-refractivity contribution in [3.05, 3.63) is 17.8 Å². The van der Waals surface area contributed by atoms with Crippen LogP contribution in [0, 0.1) is 0 Å². The third-order valence-electron chi connectivity index (χ3n) is 3.33. The van der Waals surface area contributed by atoms with Crippen molar-refractivity contribution < 1.29 is 4.79 Å². The molecule has 6 nitrogen and oxygen atoms in total. The van der Waals surface area contributed by atoms with Crippen LogP contribution in [0.15, 0.2) is 12.1 Å². The molecular formula is C12H19N5O. The van der Waals surface area contributed by atoms with Crippen molar-refractivity contribution in [2.75, 3.05) is 39.1 Å². The summed E-state index contributed by atoms with van der Waals surface area (Å²) in [5.74, 6) is 0.633. The van der Waals surface area contributed by atoms with E-state index in [1.165, 1.54) is 0 Å². The lowest BCUT2D eigenvalue weighted by Gasteiger charge is -2.20. The monoisotopic (exact) mass is 249 g/mol. The van der Waals surface area contributed by atoms with Gasteiger partial charge in [-0.25, -0.2) is 0 Å². The fourth-order valence-electron chi connectivity index (χ4n) is 2.11. The lowest BCUT2D eigenvalue weighted by Crippen LogP contribution is -2.31. The molecule has 2 rings (SSSR count). The van der Waals surface area contributed by atoms with Gasteiger partial charge in [0.25, 0.3) is 5.91 Å². The molecule has 1 amide bonds. The zero-order valence-corrected chi connectivity index (χ0v) is 11.1. The minimum Gasteiger partial charge on any atom is -0.354 e. The van der Waals surface area contributed by atoms with E-state index in [-0.39, 0.29) is 5.91 Å². The van der Waals surface area contributed by atoms with Gasteiger partial charge in [0.2, 0.25) is 0 Å². The van der Waals surface area contributed by atoms with E-state index in [4.69, 9.17) is 0 Å². The van der Waals surface area contributed by atoms with Crippen LogP contribution >= 0.6 is 0 Å². The smallest absolute Gasteiger partial charge is 0.271 e. The Kier molecular flexibility index (Phi) is 3.76. The Morgan fingerprint density at radius 2 is 2.22 bits per heavy atom. The number of hydrogen-bond acceptors (Lipinski definition) is 5. The highest BCUT2D eigenvalue weighted by Crippen LogP contribution is 2.19. The van der Waals surface area contributed by atoms with Crippen molar-refractivity contribution in [2.24, 2.45) is 0 Å². The van der Waals surface area contributed by atoms with Gasteiger partial charge in [0.1, 0.15) is 0 Å². The van der Waals surface area contributed by atoms with Gasteiger partial charge in [-0.2, -0.15) is 0 Å². The number of likely N-dealkylation sites (N-methyl/N-ethyl adjacent to an activating group) is 1. The summed E-state index contributed by atoms with van der Waals surface area (Å²) in [7, 11) is 5.77. The van der Waals surface area contributed by atoms with Gasteiger partial charge in [0, 0.05) is 26.2 Å². The Hall–Kier alpha value is -1.69. The van der Waals surface area contributed by atoms with E-state index in [0.29, 0.717) is 11.7 Å². The number of rotatable bonds is 3. The van der Waals surface area contributed by atoms with Crippen LogP contribution < -0.4 is 10.2 Å². The molecule has 1 aliphatic rings. The lowest BCUT2D eigenvalue weighted by molar-refractivity contribution is 0.0957. The molecule has 98 valence electrons. The number of nitrogens with one attached hydrogen (secondary N) is 1. The Balaban J connectivity index is 2.05. The first-order valence-corrected chi connectivity index (χ1v) is 6.09. The predicted octanol–water partition coefficient (Wildman–Crippen LogP) is -0.0235. The molecule has 6 heteroatoms. The van der Waals surface area contributed by atoms with E-state index < -0.39 is 0 Å². The molecule has 1 unspecified atom stereocenters. The van der Waals surface area contributed by atoms with Crippen molar-refractivity contribution in [3.63, 3.8) is 0 Å². The van der Waals surface area contributed by atoms with Gasteiger partial charge in [-0.15, -0.1) is 10.2 Å². The molecule has 1 atom stereocenters. The fourth-order valence-corrected chi connectivity index (χ4v) is 2.11. The number of aromatic nitrogens is 2. The summed E-state index contributed by atoms with van der Waals surface area (Å²) in [5.41, 5.74) is 0.351. The molecule has 1 N–H and O–H groups in total. The second-order valence-electron chi connectivity index (χ2n) is 4.71. The molecular weight excluding hydrogens is 230 g/mol. The van der Waals surface area contributed by atoms with Crippen LogP contribution in [0.3, 0.4) is 0 Å². The van der Waals surface area contributed by atoms with Crippen LogP contribution in [-0.2, 0) is 0 Å². The van der Waals surface area contributed by atoms with Crippen molar-refractivity contribution >= 4 is 11.7 Å². The number of amides is 1. The summed E-state index contributed by atoms with van der Waals surface area (Å²) in [6, 6.07) is 4.13. The van der Waals surface area contributed by atoms with Gasteiger partial charge < -0.3 is 15.1 Å². The van der Waals surface area contributed by atoms with E-state index in [9.17, 15) is 4.79 Å². The summed E-state index contributed by atoms with van der Waals surface area (Å²) in [5, 5.41) is 10.6. The average molecular weight is 249 g/mol. The maximum absolute atomic E-state index is 11.4. The molecule has 0 aromatic carbocycles. The lowest BCUT2D eigenvalue weighted by atomic mass is 10.2. The molecule has 0 saturated carbocycles. The van der Waals surface area contributed by atoms with E-state index in [0.717, 1.165) is 25.3 Å². The van der Waals surface area contributed by atoms with E-state index in [1.54, 1.807) is 13.1 Å². The molecule has 0 bridgehead atoms. The van der Waals surface area contributed by atoms with E-state index in [2.05, 4.69) is 39.4 Å². The Labute approximate surface area is 107 Å². The van der Waals surface area contributed by atoms with Crippen LogP contribution in [0.1, 0.15) is 16.9 Å². The molecule has 1 aromatic rings. The summed E-state index contributed by atoms with van der Waals surface area (Å²) in [6.07, 6.45) is 1.13. The first-order valence-electron chi connectivity index (χ1n) is 6.09. The van der Waals surface area contributed by atoms with Crippen molar-refractivity contribution in [1.29, 1.82) is 0 Å². The van der Waals surface area contributed by atoms with Crippen LogP contribution in [0.5, 0.6) is 0 Å². The van der Waals surface area contributed by atoms with Crippen molar-refractivity contribution in [1.82, 2.24) is 20.4 Å². The molecule has 18 heavy (non-hydrogen) atoms. The van der Waals surface area contributed by atoms with Gasteiger partial charge in [0.15, 0.2) is 11.5 Å². The zero-order valence-electron chi connectivity index (χ0n) is 11.1. The quantitative estimate of drug-likeness (QED) is 0.815. The van der Waals surface area contributed by atoms with Gasteiger partial charge in [-0.1, -0.05) is 0 Å². The van der Waals surface area contributed by atoms with Crippen LogP contribution in [0.25, 0.3) is 0 Å². The summed E-state index contributed by atoms with van der Waals surface area (Å²) in [6.45, 7) is 1.94. The van der Waals surface area contributed by atoms with Crippen LogP contribution in [-0.4, -0.2) is 61.3 Å². The predicted molar refractivity (Wildman–Crippen MR) is 69.7 cm³/mol. The third-order valence-corrected chi connectivity index (χ3v) is 3.33. The molecule has 0 aliphatic carbocycles. The SMILES string of the molecule is CNC(=O)c1ccc(N2CCC(N(C)C)C2)nn1. The molecule has 1 aliphatic heterocycles. The Morgan fingerprint density at radius 1 is 1.44 bits per heavy atom. The topological polar surface area (TPSA) is 61.4 Å². The molecule has 1 saturated heterocycles. The molecule has 2 heterocycles. The molecule has 1 aromatic heterocycles. The zero-order chi connectivity index (χ0) is 13.1. The number of hydrogen-bond donors (Lipinski definition) is 1. The average Bonchev–Trinajstić information content (AvgIpc) is 2.88. The highest BCUT2D eigenvalue weighted by atomic mass is 16.1. The van der Waals surface area contributed by atoms with Gasteiger partial charge in [-0.3, -0.25) is 4.79 Å². The van der Waals surface area contributed by atoms with E-state index in [1.807, 2.05) is 6.07 Å². The Bertz CT molecular complexity index is 417. The molecule has 0 radical (unpaired) electrons. The maximum atomic E-state index is 11.4.